The summed E-state index contributed by atoms with van der Waals surface area (Å²) in [6.45, 7) is 2.92. The Kier molecular flexibility index (Phi) is 6.65. The van der Waals surface area contributed by atoms with Gasteiger partial charge in [-0.25, -0.2) is 0 Å². The average molecular weight is 424 g/mol. The van der Waals surface area contributed by atoms with Crippen molar-refractivity contribution in [2.45, 2.75) is 13.0 Å². The van der Waals surface area contributed by atoms with E-state index in [0.29, 0.717) is 30.2 Å². The van der Waals surface area contributed by atoms with Gasteiger partial charge in [0.2, 0.25) is 0 Å². The third kappa shape index (κ3) is 4.41. The van der Waals surface area contributed by atoms with Crippen molar-refractivity contribution in [1.29, 1.82) is 0 Å². The molecule has 0 aromatic heterocycles. The highest BCUT2D eigenvalue weighted by Crippen LogP contribution is 2.40. The number of rotatable bonds is 7. The van der Waals surface area contributed by atoms with E-state index in [1.165, 1.54) is 19.1 Å². The van der Waals surface area contributed by atoms with Gasteiger partial charge in [-0.2, -0.15) is 0 Å². The SMILES string of the molecule is COc1ccc(C(O)=C2C(=O)C(=O)N(CCN(C)C)[C@H]2c2ccc(C)cc2)cc1OC. The third-order valence-corrected chi connectivity index (χ3v) is 5.38. The maximum Gasteiger partial charge on any atom is 0.295 e. The van der Waals surface area contributed by atoms with Crippen LogP contribution in [0.4, 0.5) is 0 Å². The van der Waals surface area contributed by atoms with E-state index in [-0.39, 0.29) is 11.3 Å². The summed E-state index contributed by atoms with van der Waals surface area (Å²) in [5.74, 6) is -0.635. The zero-order chi connectivity index (χ0) is 22.7. The first kappa shape index (κ1) is 22.4. The molecule has 2 aromatic rings. The first-order valence-corrected chi connectivity index (χ1v) is 10.0. The maximum absolute atomic E-state index is 13.0. The van der Waals surface area contributed by atoms with Crippen molar-refractivity contribution < 1.29 is 24.2 Å². The van der Waals surface area contributed by atoms with Crippen LogP contribution >= 0.6 is 0 Å². The van der Waals surface area contributed by atoms with Crippen molar-refractivity contribution in [3.63, 3.8) is 0 Å². The van der Waals surface area contributed by atoms with Crippen LogP contribution in [0.5, 0.6) is 11.5 Å². The summed E-state index contributed by atoms with van der Waals surface area (Å²) >= 11 is 0. The molecule has 7 heteroatoms. The molecule has 1 N–H and O–H groups in total. The number of ketones is 1. The second kappa shape index (κ2) is 9.22. The molecular weight excluding hydrogens is 396 g/mol. The standard InChI is InChI=1S/C24H28N2O5/c1-15-6-8-16(9-7-15)21-20(23(28)24(29)26(21)13-12-25(2)3)22(27)17-10-11-18(30-4)19(14-17)31-5/h6-11,14,21,27H,12-13H2,1-5H3/t21-/m0/s1. The zero-order valence-electron chi connectivity index (χ0n) is 18.5. The fourth-order valence-electron chi connectivity index (χ4n) is 3.65. The van der Waals surface area contributed by atoms with Crippen LogP contribution in [0, 0.1) is 6.92 Å². The van der Waals surface area contributed by atoms with E-state index in [9.17, 15) is 14.7 Å². The summed E-state index contributed by atoms with van der Waals surface area (Å²) in [5.41, 5.74) is 2.28. The van der Waals surface area contributed by atoms with Crippen LogP contribution in [-0.4, -0.2) is 68.0 Å². The molecule has 1 aliphatic rings. The summed E-state index contributed by atoms with van der Waals surface area (Å²) in [4.78, 5) is 29.4. The van der Waals surface area contributed by atoms with Gasteiger partial charge in [0.1, 0.15) is 5.76 Å². The molecule has 0 unspecified atom stereocenters. The average Bonchev–Trinajstić information content (AvgIpc) is 3.01. The summed E-state index contributed by atoms with van der Waals surface area (Å²) in [5, 5.41) is 11.1. The van der Waals surface area contributed by atoms with Crippen molar-refractivity contribution in [2.75, 3.05) is 41.4 Å². The predicted molar refractivity (Wildman–Crippen MR) is 118 cm³/mol. The number of carbonyl (C=O) groups is 2. The van der Waals surface area contributed by atoms with E-state index in [0.717, 1.165) is 11.1 Å². The van der Waals surface area contributed by atoms with E-state index in [4.69, 9.17) is 9.47 Å². The lowest BCUT2D eigenvalue weighted by atomic mass is 9.94. The highest BCUT2D eigenvalue weighted by atomic mass is 16.5. The Hall–Kier alpha value is -3.32. The molecule has 31 heavy (non-hydrogen) atoms. The van der Waals surface area contributed by atoms with E-state index >= 15 is 0 Å². The Labute approximate surface area is 182 Å². The Morgan fingerprint density at radius 2 is 1.68 bits per heavy atom. The summed E-state index contributed by atoms with van der Waals surface area (Å²) in [6.07, 6.45) is 0. The number of hydrogen-bond donors (Lipinski definition) is 1. The molecule has 0 bridgehead atoms. The van der Waals surface area contributed by atoms with Crippen LogP contribution in [0.3, 0.4) is 0 Å². The number of likely N-dealkylation sites (tertiary alicyclic amines) is 1. The van der Waals surface area contributed by atoms with Crippen molar-refractivity contribution in [1.82, 2.24) is 9.80 Å². The fourth-order valence-corrected chi connectivity index (χ4v) is 3.65. The van der Waals surface area contributed by atoms with Crippen LogP contribution in [-0.2, 0) is 9.59 Å². The molecule has 1 fully saturated rings. The van der Waals surface area contributed by atoms with Gasteiger partial charge in [0, 0.05) is 18.7 Å². The number of aliphatic hydroxyl groups is 1. The van der Waals surface area contributed by atoms with Gasteiger partial charge in [0.15, 0.2) is 11.5 Å². The number of hydrogen-bond acceptors (Lipinski definition) is 6. The lowest BCUT2D eigenvalue weighted by Crippen LogP contribution is -2.35. The minimum Gasteiger partial charge on any atom is -0.507 e. The second-order valence-electron chi connectivity index (χ2n) is 7.78. The second-order valence-corrected chi connectivity index (χ2v) is 7.78. The first-order chi connectivity index (χ1) is 14.8. The molecule has 0 aliphatic carbocycles. The summed E-state index contributed by atoms with van der Waals surface area (Å²) in [7, 11) is 6.82. The summed E-state index contributed by atoms with van der Waals surface area (Å²) in [6, 6.07) is 11.8. The van der Waals surface area contributed by atoms with Crippen molar-refractivity contribution in [2.24, 2.45) is 0 Å². The quantitative estimate of drug-likeness (QED) is 0.418. The number of benzene rings is 2. The molecule has 2 aromatic carbocycles. The van der Waals surface area contributed by atoms with E-state index in [2.05, 4.69) is 0 Å². The number of methoxy groups -OCH3 is 2. The smallest absolute Gasteiger partial charge is 0.295 e. The van der Waals surface area contributed by atoms with E-state index < -0.39 is 17.7 Å². The van der Waals surface area contributed by atoms with Crippen LogP contribution < -0.4 is 9.47 Å². The molecule has 1 amide bonds. The van der Waals surface area contributed by atoms with Crippen LogP contribution in [0.1, 0.15) is 22.7 Å². The first-order valence-electron chi connectivity index (χ1n) is 10.0. The molecule has 1 aliphatic heterocycles. The molecule has 1 atom stereocenters. The molecule has 7 nitrogen and oxygen atoms in total. The Morgan fingerprint density at radius 3 is 2.26 bits per heavy atom. The Bertz CT molecular complexity index is 1010. The molecule has 1 saturated heterocycles. The van der Waals surface area contributed by atoms with Gasteiger partial charge in [0.05, 0.1) is 25.8 Å². The molecule has 0 saturated carbocycles. The topological polar surface area (TPSA) is 79.3 Å². The van der Waals surface area contributed by atoms with Crippen molar-refractivity contribution in [3.05, 3.63) is 64.7 Å². The van der Waals surface area contributed by atoms with Gasteiger partial charge >= 0.3 is 0 Å². The van der Waals surface area contributed by atoms with Gasteiger partial charge in [-0.15, -0.1) is 0 Å². The number of amides is 1. The minimum absolute atomic E-state index is 0.0693. The molecule has 0 spiro atoms. The molecule has 3 rings (SSSR count). The van der Waals surface area contributed by atoms with E-state index in [1.807, 2.05) is 50.2 Å². The summed E-state index contributed by atoms with van der Waals surface area (Å²) < 4.78 is 10.6. The van der Waals surface area contributed by atoms with Gasteiger partial charge in [-0.1, -0.05) is 29.8 Å². The lowest BCUT2D eigenvalue weighted by Gasteiger charge is -2.26. The molecule has 1 heterocycles. The number of aliphatic hydroxyl groups excluding tert-OH is 1. The normalized spacial score (nSPS) is 18.0. The van der Waals surface area contributed by atoms with Gasteiger partial charge < -0.3 is 24.4 Å². The minimum atomic E-state index is -0.698. The zero-order valence-corrected chi connectivity index (χ0v) is 18.5. The fraction of sp³-hybridized carbons (Fsp3) is 0.333. The highest BCUT2D eigenvalue weighted by Gasteiger charge is 2.45. The molecular formula is C24H28N2O5. The number of Topliss-reactive ketones (excluding diaryl/α,β-unsaturated/α-hetero) is 1. The van der Waals surface area contributed by atoms with E-state index in [1.54, 1.807) is 18.2 Å². The maximum atomic E-state index is 13.0. The van der Waals surface area contributed by atoms with Crippen molar-refractivity contribution >= 4 is 17.4 Å². The van der Waals surface area contributed by atoms with Crippen LogP contribution in [0.25, 0.3) is 5.76 Å². The number of likely N-dealkylation sites (N-methyl/N-ethyl adjacent to an activating group) is 1. The number of carbonyl (C=O) groups excluding carboxylic acids is 2. The highest BCUT2D eigenvalue weighted by molar-refractivity contribution is 6.46. The van der Waals surface area contributed by atoms with Crippen LogP contribution in [0.2, 0.25) is 0 Å². The third-order valence-electron chi connectivity index (χ3n) is 5.38. The number of nitrogens with zero attached hydrogens (tertiary/aromatic N) is 2. The predicted octanol–water partition coefficient (Wildman–Crippen LogP) is 3.00. The van der Waals surface area contributed by atoms with Gasteiger partial charge in [-0.3, -0.25) is 9.59 Å². The van der Waals surface area contributed by atoms with Crippen LogP contribution in [0.15, 0.2) is 48.0 Å². The van der Waals surface area contributed by atoms with Crippen molar-refractivity contribution in [3.8, 4) is 11.5 Å². The Morgan fingerprint density at radius 1 is 1.03 bits per heavy atom. The monoisotopic (exact) mass is 424 g/mol. The largest absolute Gasteiger partial charge is 0.507 e. The number of aryl methyl sites for hydroxylation is 1. The molecule has 164 valence electrons. The lowest BCUT2D eigenvalue weighted by molar-refractivity contribution is -0.140. The number of ether oxygens (including phenoxy) is 2. The van der Waals surface area contributed by atoms with Gasteiger partial charge in [-0.05, 0) is 44.8 Å². The van der Waals surface area contributed by atoms with Gasteiger partial charge in [0.25, 0.3) is 11.7 Å². The molecule has 0 radical (unpaired) electrons. The Balaban J connectivity index is 2.15.